The summed E-state index contributed by atoms with van der Waals surface area (Å²) in [5, 5.41) is 9.11. The molecule has 2 saturated heterocycles. The molecular formula is C32H48F3N9O. The Kier molecular flexibility index (Phi) is 11.4. The normalized spacial score (nSPS) is 18.6. The van der Waals surface area contributed by atoms with Crippen LogP contribution in [0.15, 0.2) is 24.4 Å². The van der Waals surface area contributed by atoms with E-state index in [-0.39, 0.29) is 18.3 Å². The van der Waals surface area contributed by atoms with E-state index in [1.807, 2.05) is 13.1 Å². The average molecular weight is 632 g/mol. The summed E-state index contributed by atoms with van der Waals surface area (Å²) in [7, 11) is 4.04. The van der Waals surface area contributed by atoms with Crippen molar-refractivity contribution in [1.29, 1.82) is 0 Å². The number of halogens is 3. The predicted molar refractivity (Wildman–Crippen MR) is 172 cm³/mol. The summed E-state index contributed by atoms with van der Waals surface area (Å²) in [6.45, 7) is 8.67. The summed E-state index contributed by atoms with van der Waals surface area (Å²) in [4.78, 5) is 28.8. The van der Waals surface area contributed by atoms with Gasteiger partial charge in [-0.1, -0.05) is 0 Å². The number of hydrogen-bond acceptors (Lipinski definition) is 9. The van der Waals surface area contributed by atoms with Crippen molar-refractivity contribution in [2.75, 3.05) is 95.1 Å². The molecule has 2 aliphatic heterocycles. The minimum absolute atomic E-state index is 0.120. The lowest BCUT2D eigenvalue weighted by molar-refractivity contribution is -0.137. The quantitative estimate of drug-likeness (QED) is 0.198. The van der Waals surface area contributed by atoms with E-state index < -0.39 is 11.7 Å². The SMILES string of the molecule is CNCCCN(C=O)CCCNc1nc(Nc2ccc(N3CCC(N4CCN(C)CC4)CC3)cc2C2CC2)ncc1C(F)(F)F. The lowest BCUT2D eigenvalue weighted by atomic mass is 10.0. The Morgan fingerprint density at radius 1 is 1.00 bits per heavy atom. The van der Waals surface area contributed by atoms with Crippen molar-refractivity contribution < 1.29 is 18.0 Å². The molecule has 3 fully saturated rings. The summed E-state index contributed by atoms with van der Waals surface area (Å²) >= 11 is 0. The second-order valence-electron chi connectivity index (χ2n) is 12.6. The Bertz CT molecular complexity index is 1240. The first-order valence-electron chi connectivity index (χ1n) is 16.4. The average Bonchev–Trinajstić information content (AvgIpc) is 3.88. The van der Waals surface area contributed by atoms with Crippen LogP contribution < -0.4 is 20.9 Å². The molecule has 1 aromatic heterocycles. The third-order valence-corrected chi connectivity index (χ3v) is 9.21. The van der Waals surface area contributed by atoms with Gasteiger partial charge in [0.25, 0.3) is 0 Å². The van der Waals surface area contributed by atoms with Crippen molar-refractivity contribution in [3.63, 3.8) is 0 Å². The van der Waals surface area contributed by atoms with Crippen LogP contribution in [0.1, 0.15) is 55.6 Å². The Hall–Kier alpha value is -3.16. The van der Waals surface area contributed by atoms with Gasteiger partial charge in [-0.15, -0.1) is 0 Å². The van der Waals surface area contributed by atoms with Gasteiger partial charge in [0.15, 0.2) is 0 Å². The van der Waals surface area contributed by atoms with Gasteiger partial charge >= 0.3 is 6.18 Å². The van der Waals surface area contributed by atoms with Gasteiger partial charge in [-0.25, -0.2) is 4.98 Å². The van der Waals surface area contributed by atoms with E-state index in [0.29, 0.717) is 31.5 Å². The van der Waals surface area contributed by atoms with Gasteiger partial charge in [0, 0.05) is 82.5 Å². The van der Waals surface area contributed by atoms with Crippen molar-refractivity contribution in [1.82, 2.24) is 30.0 Å². The molecule has 248 valence electrons. The van der Waals surface area contributed by atoms with Crippen molar-refractivity contribution >= 4 is 29.6 Å². The molecule has 0 spiro atoms. The third-order valence-electron chi connectivity index (χ3n) is 9.21. The number of hydrogen-bond donors (Lipinski definition) is 3. The highest BCUT2D eigenvalue weighted by molar-refractivity contribution is 5.67. The molecule has 3 aliphatic rings. The summed E-state index contributed by atoms with van der Waals surface area (Å²) in [5.41, 5.74) is 2.29. The first-order chi connectivity index (χ1) is 21.7. The van der Waals surface area contributed by atoms with Crippen LogP contribution in [0.3, 0.4) is 0 Å². The zero-order valence-corrected chi connectivity index (χ0v) is 26.6. The molecule has 10 nitrogen and oxygen atoms in total. The first kappa shape index (κ1) is 33.2. The van der Waals surface area contributed by atoms with E-state index in [1.165, 1.54) is 11.3 Å². The Labute approximate surface area is 264 Å². The van der Waals surface area contributed by atoms with Crippen LogP contribution in [0.25, 0.3) is 0 Å². The topological polar surface area (TPSA) is 91.9 Å². The lowest BCUT2D eigenvalue weighted by Gasteiger charge is -2.42. The first-order valence-corrected chi connectivity index (χ1v) is 16.4. The maximum atomic E-state index is 13.8. The van der Waals surface area contributed by atoms with Crippen LogP contribution >= 0.6 is 0 Å². The molecule has 0 atom stereocenters. The predicted octanol–water partition coefficient (Wildman–Crippen LogP) is 4.20. The molecule has 1 amide bonds. The number of carbonyl (C=O) groups is 1. The molecule has 5 rings (SSSR count). The number of alkyl halides is 3. The summed E-state index contributed by atoms with van der Waals surface area (Å²) in [6.07, 6.45) is 2.81. The molecule has 3 heterocycles. The van der Waals surface area contributed by atoms with Crippen LogP contribution in [0.2, 0.25) is 0 Å². The molecule has 0 radical (unpaired) electrons. The molecule has 3 N–H and O–H groups in total. The number of piperazine rings is 1. The fourth-order valence-corrected chi connectivity index (χ4v) is 6.34. The maximum Gasteiger partial charge on any atom is 0.421 e. The molecular weight excluding hydrogens is 583 g/mol. The molecule has 0 bridgehead atoms. The van der Waals surface area contributed by atoms with Gasteiger partial charge in [0.1, 0.15) is 11.4 Å². The number of rotatable bonds is 15. The van der Waals surface area contributed by atoms with E-state index in [1.54, 1.807) is 4.90 Å². The smallest absolute Gasteiger partial charge is 0.371 e. The highest BCUT2D eigenvalue weighted by Gasteiger charge is 2.35. The highest BCUT2D eigenvalue weighted by atomic mass is 19.4. The minimum Gasteiger partial charge on any atom is -0.371 e. The number of carbonyl (C=O) groups excluding carboxylic acids is 1. The van der Waals surface area contributed by atoms with E-state index in [4.69, 9.17) is 0 Å². The van der Waals surface area contributed by atoms with E-state index in [9.17, 15) is 18.0 Å². The Balaban J connectivity index is 1.22. The molecule has 1 aliphatic carbocycles. The number of aromatic nitrogens is 2. The van der Waals surface area contributed by atoms with Gasteiger partial charge in [-0.2, -0.15) is 18.2 Å². The fourth-order valence-electron chi connectivity index (χ4n) is 6.34. The minimum atomic E-state index is -4.60. The van der Waals surface area contributed by atoms with Crippen molar-refractivity contribution in [3.05, 3.63) is 35.5 Å². The Morgan fingerprint density at radius 2 is 1.71 bits per heavy atom. The van der Waals surface area contributed by atoms with Crippen molar-refractivity contribution in [2.45, 2.75) is 56.7 Å². The Morgan fingerprint density at radius 3 is 2.36 bits per heavy atom. The van der Waals surface area contributed by atoms with Crippen LogP contribution in [0.5, 0.6) is 0 Å². The molecule has 0 unspecified atom stereocenters. The number of piperidine rings is 1. The molecule has 1 saturated carbocycles. The number of amides is 1. The van der Waals surface area contributed by atoms with Crippen LogP contribution in [-0.4, -0.2) is 117 Å². The molecule has 1 aromatic carbocycles. The van der Waals surface area contributed by atoms with Gasteiger partial charge in [-0.3, -0.25) is 9.69 Å². The molecule has 13 heteroatoms. The number of nitrogens with zero attached hydrogens (tertiary/aromatic N) is 6. The van der Waals surface area contributed by atoms with Crippen molar-refractivity contribution in [3.8, 4) is 0 Å². The highest BCUT2D eigenvalue weighted by Crippen LogP contribution is 2.45. The van der Waals surface area contributed by atoms with Crippen LogP contribution in [-0.2, 0) is 11.0 Å². The zero-order valence-electron chi connectivity index (χ0n) is 26.6. The molecule has 2 aromatic rings. The number of benzene rings is 1. The lowest BCUT2D eigenvalue weighted by Crippen LogP contribution is -2.52. The van der Waals surface area contributed by atoms with Crippen LogP contribution in [0, 0.1) is 0 Å². The maximum absolute atomic E-state index is 13.8. The fraction of sp³-hybridized carbons (Fsp3) is 0.656. The van der Waals surface area contributed by atoms with E-state index >= 15 is 0 Å². The number of anilines is 4. The second-order valence-corrected chi connectivity index (χ2v) is 12.6. The summed E-state index contributed by atoms with van der Waals surface area (Å²) in [5.74, 6) is 0.284. The van der Waals surface area contributed by atoms with Crippen LogP contribution in [0.4, 0.5) is 36.3 Å². The summed E-state index contributed by atoms with van der Waals surface area (Å²) < 4.78 is 41.4. The second kappa shape index (κ2) is 15.4. The zero-order chi connectivity index (χ0) is 31.8. The van der Waals surface area contributed by atoms with E-state index in [2.05, 4.69) is 59.8 Å². The monoisotopic (exact) mass is 631 g/mol. The van der Waals surface area contributed by atoms with E-state index in [0.717, 1.165) is 96.2 Å². The standard InChI is InChI=1S/C32H48F3N9O/c1-36-11-3-13-42(23-45)14-4-12-37-30-28(32(33,34)35)22-38-31(40-30)39-29-8-7-26(21-27(29)24-5-6-24)43-15-9-25(10-16-43)44-19-17-41(2)18-20-44/h7-8,21-25,36H,3-6,9-20H2,1-2H3,(H2,37,38,39,40). The number of likely N-dealkylation sites (N-methyl/N-ethyl adjacent to an activating group) is 1. The molecule has 45 heavy (non-hydrogen) atoms. The van der Waals surface area contributed by atoms with Gasteiger partial charge in [0.2, 0.25) is 12.4 Å². The van der Waals surface area contributed by atoms with Gasteiger partial charge in [-0.05, 0) is 88.8 Å². The van der Waals surface area contributed by atoms with Crippen molar-refractivity contribution in [2.24, 2.45) is 0 Å². The third kappa shape index (κ3) is 9.20. The summed E-state index contributed by atoms with van der Waals surface area (Å²) in [6, 6.07) is 7.01. The van der Waals surface area contributed by atoms with Gasteiger partial charge in [0.05, 0.1) is 0 Å². The number of nitrogens with one attached hydrogen (secondary N) is 3. The van der Waals surface area contributed by atoms with Gasteiger partial charge < -0.3 is 30.7 Å². The largest absolute Gasteiger partial charge is 0.421 e.